The Morgan fingerprint density at radius 2 is 1.48 bits per heavy atom. The van der Waals surface area contributed by atoms with Crippen molar-refractivity contribution in [1.29, 1.82) is 0 Å². The van der Waals surface area contributed by atoms with Crippen LogP contribution in [0.5, 0.6) is 5.75 Å². The van der Waals surface area contributed by atoms with Gasteiger partial charge in [0, 0.05) is 0 Å². The molecule has 0 spiro atoms. The van der Waals surface area contributed by atoms with E-state index in [9.17, 15) is 10.2 Å². The predicted molar refractivity (Wildman–Crippen MR) is 94.1 cm³/mol. The van der Waals surface area contributed by atoms with Crippen LogP contribution in [0.3, 0.4) is 0 Å². The first-order chi connectivity index (χ1) is 11.3. The van der Waals surface area contributed by atoms with E-state index in [-0.39, 0.29) is 12.4 Å². The second-order valence-corrected chi connectivity index (χ2v) is 5.26. The van der Waals surface area contributed by atoms with Crippen molar-refractivity contribution in [3.8, 4) is 16.9 Å². The summed E-state index contributed by atoms with van der Waals surface area (Å²) in [4.78, 5) is 0. The van der Waals surface area contributed by atoms with Crippen LogP contribution in [0.25, 0.3) is 16.7 Å². The summed E-state index contributed by atoms with van der Waals surface area (Å²) in [5.41, 5.74) is 4.90. The van der Waals surface area contributed by atoms with Crippen molar-refractivity contribution in [3.05, 3.63) is 96.1 Å². The highest BCUT2D eigenvalue weighted by molar-refractivity contribution is 5.89. The van der Waals surface area contributed by atoms with Gasteiger partial charge in [0.25, 0.3) is 0 Å². The van der Waals surface area contributed by atoms with Crippen LogP contribution in [0.2, 0.25) is 0 Å². The van der Waals surface area contributed by atoms with Gasteiger partial charge in [-0.1, -0.05) is 72.8 Å². The lowest BCUT2D eigenvalue weighted by atomic mass is 9.90. The summed E-state index contributed by atoms with van der Waals surface area (Å²) >= 11 is 0. The molecule has 0 bridgehead atoms. The third-order valence-electron chi connectivity index (χ3n) is 3.76. The topological polar surface area (TPSA) is 40.5 Å². The van der Waals surface area contributed by atoms with Gasteiger partial charge in [-0.3, -0.25) is 0 Å². The van der Waals surface area contributed by atoms with Gasteiger partial charge in [0.05, 0.1) is 6.61 Å². The van der Waals surface area contributed by atoms with Crippen molar-refractivity contribution in [1.82, 2.24) is 0 Å². The summed E-state index contributed by atoms with van der Waals surface area (Å²) in [5, 5.41) is 19.4. The zero-order valence-electron chi connectivity index (χ0n) is 12.7. The maximum Gasteiger partial charge on any atom is 0.116 e. The van der Waals surface area contributed by atoms with Crippen LogP contribution in [-0.4, -0.2) is 16.8 Å². The van der Waals surface area contributed by atoms with E-state index in [2.05, 4.69) is 0 Å². The Bertz CT molecular complexity index is 806. The molecule has 0 amide bonds. The Kier molecular flexibility index (Phi) is 4.55. The van der Waals surface area contributed by atoms with Crippen LogP contribution in [0.15, 0.2) is 84.9 Å². The van der Waals surface area contributed by atoms with E-state index in [0.29, 0.717) is 0 Å². The van der Waals surface area contributed by atoms with Gasteiger partial charge in [-0.15, -0.1) is 0 Å². The van der Waals surface area contributed by atoms with Gasteiger partial charge >= 0.3 is 0 Å². The van der Waals surface area contributed by atoms with E-state index in [1.807, 2.05) is 66.7 Å². The molecule has 2 nitrogen and oxygen atoms in total. The number of phenols is 1. The van der Waals surface area contributed by atoms with E-state index >= 15 is 0 Å². The standard InChI is InChI=1S/C21H18O2/c22-14-13-20(17-9-5-2-6-10-17)21-15-18(23)11-12-19(21)16-7-3-1-4-8-16/h1-13,15,22-23H,14H2/b20-13-. The lowest BCUT2D eigenvalue weighted by Gasteiger charge is -2.14. The molecule has 0 radical (unpaired) electrons. The molecule has 0 heterocycles. The molecule has 2 heteroatoms. The van der Waals surface area contributed by atoms with Crippen molar-refractivity contribution in [2.24, 2.45) is 0 Å². The first kappa shape index (κ1) is 15.1. The summed E-state index contributed by atoms with van der Waals surface area (Å²) in [5.74, 6) is 0.208. The first-order valence-corrected chi connectivity index (χ1v) is 7.55. The van der Waals surface area contributed by atoms with Crippen molar-refractivity contribution in [2.45, 2.75) is 0 Å². The molecule has 2 N–H and O–H groups in total. The molecule has 3 aromatic carbocycles. The molecule has 0 unspecified atom stereocenters. The highest BCUT2D eigenvalue weighted by atomic mass is 16.3. The Morgan fingerprint density at radius 3 is 2.13 bits per heavy atom. The number of hydrogen-bond acceptors (Lipinski definition) is 2. The summed E-state index contributed by atoms with van der Waals surface area (Å²) in [6.45, 7) is -0.0614. The molecule has 0 aliphatic rings. The normalized spacial score (nSPS) is 11.4. The summed E-state index contributed by atoms with van der Waals surface area (Å²) in [6.07, 6.45) is 1.77. The molecule has 114 valence electrons. The minimum atomic E-state index is -0.0614. The van der Waals surface area contributed by atoms with Crippen LogP contribution >= 0.6 is 0 Å². The maximum atomic E-state index is 9.96. The number of benzene rings is 3. The fourth-order valence-corrected chi connectivity index (χ4v) is 2.72. The Labute approximate surface area is 136 Å². The van der Waals surface area contributed by atoms with E-state index in [4.69, 9.17) is 0 Å². The van der Waals surface area contributed by atoms with Gasteiger partial charge in [0.15, 0.2) is 0 Å². The quantitative estimate of drug-likeness (QED) is 0.746. The monoisotopic (exact) mass is 302 g/mol. The van der Waals surface area contributed by atoms with E-state index in [1.165, 1.54) is 0 Å². The Morgan fingerprint density at radius 1 is 0.826 bits per heavy atom. The van der Waals surface area contributed by atoms with Gasteiger partial charge in [-0.05, 0) is 40.0 Å². The molecule has 0 aromatic heterocycles. The Balaban J connectivity index is 2.21. The molecule has 0 aliphatic carbocycles. The molecular weight excluding hydrogens is 284 g/mol. The van der Waals surface area contributed by atoms with Gasteiger partial charge < -0.3 is 10.2 Å². The minimum absolute atomic E-state index is 0.0614. The number of aromatic hydroxyl groups is 1. The fourth-order valence-electron chi connectivity index (χ4n) is 2.72. The maximum absolute atomic E-state index is 9.96. The number of rotatable bonds is 4. The van der Waals surface area contributed by atoms with E-state index < -0.39 is 0 Å². The highest BCUT2D eigenvalue weighted by Gasteiger charge is 2.12. The van der Waals surface area contributed by atoms with Crippen LogP contribution in [0.4, 0.5) is 0 Å². The lowest BCUT2D eigenvalue weighted by molar-refractivity contribution is 0.343. The third-order valence-corrected chi connectivity index (χ3v) is 3.76. The predicted octanol–water partition coefficient (Wildman–Crippen LogP) is 4.48. The zero-order valence-corrected chi connectivity index (χ0v) is 12.7. The SMILES string of the molecule is OC/C=C(/c1ccccc1)c1cc(O)ccc1-c1ccccc1. The number of aliphatic hydroxyl groups excluding tert-OH is 1. The Hall–Kier alpha value is -2.84. The lowest BCUT2D eigenvalue weighted by Crippen LogP contribution is -1.94. The zero-order chi connectivity index (χ0) is 16.1. The van der Waals surface area contributed by atoms with Crippen molar-refractivity contribution in [2.75, 3.05) is 6.61 Å². The summed E-state index contributed by atoms with van der Waals surface area (Å²) in [7, 11) is 0. The number of hydrogen-bond donors (Lipinski definition) is 2. The molecule has 0 atom stereocenters. The molecule has 3 aromatic rings. The van der Waals surface area contributed by atoms with E-state index in [0.717, 1.165) is 27.8 Å². The second kappa shape index (κ2) is 6.95. The van der Waals surface area contributed by atoms with Gasteiger partial charge in [0.1, 0.15) is 5.75 Å². The fraction of sp³-hybridized carbons (Fsp3) is 0.0476. The van der Waals surface area contributed by atoms with Crippen LogP contribution in [-0.2, 0) is 0 Å². The van der Waals surface area contributed by atoms with Gasteiger partial charge in [-0.25, -0.2) is 0 Å². The average molecular weight is 302 g/mol. The largest absolute Gasteiger partial charge is 0.508 e. The molecule has 0 saturated carbocycles. The number of aliphatic hydroxyl groups is 1. The van der Waals surface area contributed by atoms with E-state index in [1.54, 1.807) is 18.2 Å². The molecule has 0 saturated heterocycles. The van der Waals surface area contributed by atoms with Gasteiger partial charge in [0.2, 0.25) is 0 Å². The third kappa shape index (κ3) is 3.33. The first-order valence-electron chi connectivity index (χ1n) is 7.55. The molecular formula is C21H18O2. The molecule has 23 heavy (non-hydrogen) atoms. The highest BCUT2D eigenvalue weighted by Crippen LogP contribution is 2.34. The molecule has 0 aliphatic heterocycles. The second-order valence-electron chi connectivity index (χ2n) is 5.26. The van der Waals surface area contributed by atoms with Crippen molar-refractivity contribution >= 4 is 5.57 Å². The smallest absolute Gasteiger partial charge is 0.116 e. The van der Waals surface area contributed by atoms with Crippen LogP contribution < -0.4 is 0 Å². The molecule has 0 fully saturated rings. The molecule has 3 rings (SSSR count). The average Bonchev–Trinajstić information content (AvgIpc) is 2.61. The van der Waals surface area contributed by atoms with Gasteiger partial charge in [-0.2, -0.15) is 0 Å². The summed E-state index contributed by atoms with van der Waals surface area (Å²) in [6, 6.07) is 25.3. The summed E-state index contributed by atoms with van der Waals surface area (Å²) < 4.78 is 0. The van der Waals surface area contributed by atoms with Crippen LogP contribution in [0.1, 0.15) is 11.1 Å². The van der Waals surface area contributed by atoms with Crippen LogP contribution in [0, 0.1) is 0 Å². The van der Waals surface area contributed by atoms with Crippen molar-refractivity contribution < 1.29 is 10.2 Å². The minimum Gasteiger partial charge on any atom is -0.508 e. The van der Waals surface area contributed by atoms with Crippen molar-refractivity contribution in [3.63, 3.8) is 0 Å². The number of phenolic OH excluding ortho intramolecular Hbond substituents is 1.